The molecule has 1 fully saturated rings. The molecule has 0 bridgehead atoms. The summed E-state index contributed by atoms with van der Waals surface area (Å²) in [5.74, 6) is -1.28. The Morgan fingerprint density at radius 3 is 2.54 bits per heavy atom. The topological polar surface area (TPSA) is 94.6 Å². The largest absolute Gasteiger partial charge is 1.00 e. The van der Waals surface area contributed by atoms with Gasteiger partial charge >= 0.3 is 25.0 Å². The molecule has 0 unspecified atom stereocenters. The maximum Gasteiger partial charge on any atom is 1.00 e. The molecule has 2 rings (SSSR count). The molecule has 1 N–H and O–H groups in total. The van der Waals surface area contributed by atoms with Crippen molar-refractivity contribution in [2.45, 2.75) is 51.4 Å². The van der Waals surface area contributed by atoms with Crippen molar-refractivity contribution in [2.75, 3.05) is 18.4 Å². The number of ether oxygens (including phenoxy) is 1. The van der Waals surface area contributed by atoms with Gasteiger partial charge in [-0.3, -0.25) is 10.2 Å². The van der Waals surface area contributed by atoms with Gasteiger partial charge in [-0.05, 0) is 51.3 Å². The summed E-state index contributed by atoms with van der Waals surface area (Å²) in [6.07, 6.45) is 0.783. The second-order valence-corrected chi connectivity index (χ2v) is 7.21. The Bertz CT molecular complexity index is 643. The van der Waals surface area contributed by atoms with Crippen LogP contribution in [0.4, 0.5) is 15.0 Å². The molecular formula is C17H23FLiN3O4. The van der Waals surface area contributed by atoms with Gasteiger partial charge < -0.3 is 14.6 Å². The molecule has 2 heterocycles. The summed E-state index contributed by atoms with van der Waals surface area (Å²) in [6.45, 7) is 6.46. The molecule has 0 atom stereocenters. The van der Waals surface area contributed by atoms with Gasteiger partial charge in [-0.2, -0.15) is 0 Å². The average Bonchev–Trinajstić information content (AvgIpc) is 2.48. The second kappa shape index (κ2) is 8.85. The maximum atomic E-state index is 14.0. The van der Waals surface area contributed by atoms with Crippen LogP contribution in [-0.4, -0.2) is 46.3 Å². The molecular weight excluding hydrogens is 336 g/mol. The van der Waals surface area contributed by atoms with Crippen LogP contribution in [0.1, 0.15) is 39.2 Å². The first-order chi connectivity index (χ1) is 11.6. The van der Waals surface area contributed by atoms with Crippen LogP contribution in [0.2, 0.25) is 0 Å². The normalized spacial score (nSPS) is 17.1. The van der Waals surface area contributed by atoms with Crippen molar-refractivity contribution in [3.63, 3.8) is 0 Å². The number of nitrogens with one attached hydrogen (secondary N) is 1. The number of halogens is 1. The third-order valence-electron chi connectivity index (χ3n) is 3.87. The smallest absolute Gasteiger partial charge is 0.547 e. The third kappa shape index (κ3) is 6.60. The van der Waals surface area contributed by atoms with E-state index in [1.807, 2.05) is 4.90 Å². The fraction of sp³-hybridized carbons (Fsp3) is 0.588. The van der Waals surface area contributed by atoms with Crippen molar-refractivity contribution in [3.05, 3.63) is 23.9 Å². The second-order valence-electron chi connectivity index (χ2n) is 7.21. The van der Waals surface area contributed by atoms with E-state index < -0.39 is 23.3 Å². The van der Waals surface area contributed by atoms with Gasteiger partial charge in [-0.25, -0.2) is 14.2 Å². The number of carbonyl (C=O) groups excluding carboxylic acids is 2. The number of aliphatic carboxylic acids is 1. The van der Waals surface area contributed by atoms with Crippen LogP contribution in [0.3, 0.4) is 0 Å². The molecule has 1 aromatic heterocycles. The molecule has 0 radical (unpaired) electrons. The average molecular weight is 359 g/mol. The first-order valence-electron chi connectivity index (χ1n) is 8.15. The molecule has 138 valence electrons. The minimum atomic E-state index is -2.24. The van der Waals surface area contributed by atoms with Crippen molar-refractivity contribution in [1.82, 2.24) is 9.88 Å². The van der Waals surface area contributed by atoms with Crippen LogP contribution in [0.25, 0.3) is 0 Å². The van der Waals surface area contributed by atoms with E-state index in [1.54, 1.807) is 39.1 Å². The van der Waals surface area contributed by atoms with Crippen LogP contribution in [0.15, 0.2) is 18.3 Å². The van der Waals surface area contributed by atoms with Gasteiger partial charge in [0.2, 0.25) is 0 Å². The fourth-order valence-electron chi connectivity index (χ4n) is 2.58. The van der Waals surface area contributed by atoms with Crippen LogP contribution < -0.4 is 29.3 Å². The molecule has 1 amide bonds. The number of pyridine rings is 1. The molecule has 26 heavy (non-hydrogen) atoms. The molecule has 1 saturated heterocycles. The van der Waals surface area contributed by atoms with E-state index >= 15 is 0 Å². The molecule has 1 aliphatic heterocycles. The summed E-state index contributed by atoms with van der Waals surface area (Å²) >= 11 is 0. The van der Waals surface area contributed by atoms with Crippen molar-refractivity contribution >= 4 is 17.9 Å². The van der Waals surface area contributed by atoms with Crippen molar-refractivity contribution in [2.24, 2.45) is 0 Å². The summed E-state index contributed by atoms with van der Waals surface area (Å²) < 4.78 is 19.2. The number of hydrogen-bond donors (Lipinski definition) is 1. The summed E-state index contributed by atoms with van der Waals surface area (Å²) in [6, 6.07) is 3.50. The summed E-state index contributed by atoms with van der Waals surface area (Å²) in [5.41, 5.74) is -1.97. The Morgan fingerprint density at radius 2 is 2.00 bits per heavy atom. The molecule has 0 aromatic carbocycles. The van der Waals surface area contributed by atoms with Gasteiger partial charge in [-0.15, -0.1) is 0 Å². The van der Waals surface area contributed by atoms with Gasteiger partial charge in [0.05, 0.1) is 5.97 Å². The predicted molar refractivity (Wildman–Crippen MR) is 87.5 cm³/mol. The van der Waals surface area contributed by atoms with E-state index in [4.69, 9.17) is 4.74 Å². The molecule has 7 nitrogen and oxygen atoms in total. The first-order valence-corrected chi connectivity index (χ1v) is 8.15. The quantitative estimate of drug-likeness (QED) is 0.657. The number of amides is 1. The van der Waals surface area contributed by atoms with Crippen LogP contribution in [-0.2, 0) is 16.1 Å². The summed E-state index contributed by atoms with van der Waals surface area (Å²) in [5, 5.41) is 13.4. The van der Waals surface area contributed by atoms with Crippen molar-refractivity contribution in [1.29, 1.82) is 0 Å². The molecule has 0 aliphatic carbocycles. The predicted octanol–water partition coefficient (Wildman–Crippen LogP) is -1.51. The molecule has 1 aliphatic rings. The number of nitrogens with zero attached hydrogens (tertiary/aromatic N) is 2. The molecule has 1 aromatic rings. The van der Waals surface area contributed by atoms with Crippen LogP contribution >= 0.6 is 0 Å². The fourth-order valence-corrected chi connectivity index (χ4v) is 2.58. The Hall–Kier alpha value is -1.62. The number of aromatic nitrogens is 1. The minimum Gasteiger partial charge on any atom is -0.547 e. The zero-order valence-corrected chi connectivity index (χ0v) is 15.7. The van der Waals surface area contributed by atoms with E-state index in [-0.39, 0.29) is 31.7 Å². The van der Waals surface area contributed by atoms with E-state index in [0.717, 1.165) is 5.56 Å². The SMILES string of the molecule is CC(C)(C)OC(=O)Nc1cc(CN2CCC(F)(C(=O)[O-])CC2)ccn1.[Li+]. The van der Waals surface area contributed by atoms with Crippen molar-refractivity contribution < 1.29 is 42.7 Å². The molecule has 9 heteroatoms. The third-order valence-corrected chi connectivity index (χ3v) is 3.87. The number of rotatable bonds is 4. The number of hydrogen-bond acceptors (Lipinski definition) is 6. The number of carboxylic acid groups (broad SMARTS) is 1. The van der Waals surface area contributed by atoms with Gasteiger partial charge in [0.25, 0.3) is 0 Å². The standard InChI is InChI=1S/C17H24FN3O4.Li/c1-16(2,3)25-15(24)20-13-10-12(4-7-19-13)11-21-8-5-17(18,6-9-21)14(22)23;/h4,7,10H,5-6,8-9,11H2,1-3H3,(H,22,23)(H,19,20,24);/q;+1/p-1. The Morgan fingerprint density at radius 1 is 1.38 bits per heavy atom. The number of likely N-dealkylation sites (tertiary alicyclic amines) is 1. The summed E-state index contributed by atoms with van der Waals surface area (Å²) in [7, 11) is 0. The molecule has 0 spiro atoms. The number of alkyl halides is 1. The van der Waals surface area contributed by atoms with Crippen LogP contribution in [0, 0.1) is 0 Å². The van der Waals surface area contributed by atoms with Crippen LogP contribution in [0.5, 0.6) is 0 Å². The van der Waals surface area contributed by atoms with E-state index in [0.29, 0.717) is 25.5 Å². The Kier molecular flexibility index (Phi) is 7.63. The van der Waals surface area contributed by atoms with Gasteiger partial charge in [-0.1, -0.05) is 0 Å². The monoisotopic (exact) mass is 359 g/mol. The zero-order chi connectivity index (χ0) is 18.7. The Balaban J connectivity index is 0.00000338. The number of carboxylic acids is 1. The maximum absolute atomic E-state index is 14.0. The van der Waals surface area contributed by atoms with Gasteiger partial charge in [0, 0.05) is 25.8 Å². The Labute approximate surface area is 164 Å². The van der Waals surface area contributed by atoms with Crippen molar-refractivity contribution in [3.8, 4) is 0 Å². The van der Waals surface area contributed by atoms with Gasteiger partial charge in [0.1, 0.15) is 11.4 Å². The number of anilines is 1. The van der Waals surface area contributed by atoms with E-state index in [2.05, 4.69) is 10.3 Å². The van der Waals surface area contributed by atoms with Gasteiger partial charge in [0.15, 0.2) is 5.67 Å². The number of carbonyl (C=O) groups is 2. The van der Waals surface area contributed by atoms with E-state index in [1.165, 1.54) is 0 Å². The van der Waals surface area contributed by atoms with E-state index in [9.17, 15) is 19.1 Å². The first kappa shape index (κ1) is 22.4. The zero-order valence-electron chi connectivity index (χ0n) is 15.7. The summed E-state index contributed by atoms with van der Waals surface area (Å²) in [4.78, 5) is 28.6. The minimum absolute atomic E-state index is 0. The molecule has 0 saturated carbocycles. The number of piperidine rings is 1.